The van der Waals surface area contributed by atoms with Crippen molar-refractivity contribution in [3.63, 3.8) is 0 Å². The van der Waals surface area contributed by atoms with Gasteiger partial charge in [0.1, 0.15) is 0 Å². The molecule has 2 unspecified atom stereocenters. The first-order valence-electron chi connectivity index (χ1n) is 6.74. The molecule has 0 aromatic heterocycles. The van der Waals surface area contributed by atoms with E-state index in [9.17, 15) is 4.79 Å². The molecule has 1 aromatic rings. The van der Waals surface area contributed by atoms with Gasteiger partial charge in [0, 0.05) is 28.4 Å². The Balaban J connectivity index is 0.00000200. The van der Waals surface area contributed by atoms with Crippen LogP contribution in [0.5, 0.6) is 0 Å². The quantitative estimate of drug-likeness (QED) is 0.847. The van der Waals surface area contributed by atoms with Gasteiger partial charge in [-0.05, 0) is 37.5 Å². The summed E-state index contributed by atoms with van der Waals surface area (Å²) >= 11 is 3.50. The summed E-state index contributed by atoms with van der Waals surface area (Å²) in [5.41, 5.74) is 7.19. The zero-order valence-electron chi connectivity index (χ0n) is 11.9. The number of nitrogens with two attached hydrogens (primary N) is 1. The summed E-state index contributed by atoms with van der Waals surface area (Å²) in [5.74, 6) is -0.0884. The van der Waals surface area contributed by atoms with Crippen LogP contribution in [-0.2, 0) is 10.2 Å². The minimum atomic E-state index is -0.140. The lowest BCUT2D eigenvalue weighted by atomic mass is 9.95. The van der Waals surface area contributed by atoms with E-state index < -0.39 is 0 Å². The van der Waals surface area contributed by atoms with Crippen LogP contribution < -0.4 is 11.1 Å². The maximum Gasteiger partial charge on any atom is 0.224 e. The second-order valence-electron chi connectivity index (χ2n) is 5.66. The molecule has 3 nitrogen and oxygen atoms in total. The van der Waals surface area contributed by atoms with Crippen LogP contribution in [0.2, 0.25) is 0 Å². The third kappa shape index (κ3) is 3.96. The van der Waals surface area contributed by atoms with Crippen molar-refractivity contribution in [1.29, 1.82) is 0 Å². The number of halogens is 2. The van der Waals surface area contributed by atoms with E-state index in [2.05, 4.69) is 33.4 Å². The highest BCUT2D eigenvalue weighted by Crippen LogP contribution is 2.48. The minimum Gasteiger partial charge on any atom is -0.355 e. The molecule has 0 aliphatic heterocycles. The molecular weight excluding hydrogens is 340 g/mol. The summed E-state index contributed by atoms with van der Waals surface area (Å²) in [6.07, 6.45) is 2.27. The Hall–Kier alpha value is -0.580. The molecule has 1 fully saturated rings. The van der Waals surface area contributed by atoms with E-state index in [0.717, 1.165) is 17.3 Å². The maximum absolute atomic E-state index is 12.0. The van der Waals surface area contributed by atoms with Gasteiger partial charge < -0.3 is 11.1 Å². The molecule has 1 aromatic carbocycles. The molecule has 1 amide bonds. The van der Waals surface area contributed by atoms with E-state index in [-0.39, 0.29) is 35.7 Å². The largest absolute Gasteiger partial charge is 0.355 e. The Bertz CT molecular complexity index is 475. The van der Waals surface area contributed by atoms with Gasteiger partial charge in [-0.2, -0.15) is 0 Å². The Morgan fingerprint density at radius 2 is 2.10 bits per heavy atom. The molecule has 0 heterocycles. The summed E-state index contributed by atoms with van der Waals surface area (Å²) in [5, 5.41) is 3.05. The highest BCUT2D eigenvalue weighted by atomic mass is 79.9. The van der Waals surface area contributed by atoms with Gasteiger partial charge in [-0.1, -0.05) is 35.0 Å². The van der Waals surface area contributed by atoms with Crippen LogP contribution in [0, 0.1) is 5.92 Å². The van der Waals surface area contributed by atoms with E-state index in [1.165, 1.54) is 5.56 Å². The molecule has 0 radical (unpaired) electrons. The third-order valence-electron chi connectivity index (χ3n) is 4.09. The van der Waals surface area contributed by atoms with Gasteiger partial charge >= 0.3 is 0 Å². The molecule has 20 heavy (non-hydrogen) atoms. The number of rotatable bonds is 5. The van der Waals surface area contributed by atoms with E-state index >= 15 is 0 Å². The zero-order chi connectivity index (χ0) is 14.0. The number of carbonyl (C=O) groups is 1. The number of hydrogen-bond donors (Lipinski definition) is 2. The van der Waals surface area contributed by atoms with Crippen LogP contribution in [-0.4, -0.2) is 18.5 Å². The van der Waals surface area contributed by atoms with Gasteiger partial charge in [0.2, 0.25) is 5.91 Å². The number of hydrogen-bond acceptors (Lipinski definition) is 2. The molecule has 0 saturated heterocycles. The first-order valence-corrected chi connectivity index (χ1v) is 7.53. The van der Waals surface area contributed by atoms with Crippen LogP contribution in [0.3, 0.4) is 0 Å². The molecule has 3 N–H and O–H groups in total. The van der Waals surface area contributed by atoms with Gasteiger partial charge in [-0.25, -0.2) is 0 Å². The van der Waals surface area contributed by atoms with E-state index in [1.807, 2.05) is 26.0 Å². The fraction of sp³-hybridized carbons (Fsp3) is 0.533. The van der Waals surface area contributed by atoms with E-state index in [0.29, 0.717) is 6.54 Å². The van der Waals surface area contributed by atoms with Gasteiger partial charge in [0.15, 0.2) is 0 Å². The normalized spacial score (nSPS) is 18.6. The van der Waals surface area contributed by atoms with Crippen LogP contribution in [0.25, 0.3) is 0 Å². The van der Waals surface area contributed by atoms with Crippen molar-refractivity contribution in [3.8, 4) is 0 Å². The molecule has 0 spiro atoms. The summed E-state index contributed by atoms with van der Waals surface area (Å²) in [6.45, 7) is 4.45. The molecular formula is C15H22BrClN2O. The lowest BCUT2D eigenvalue weighted by Gasteiger charge is -2.20. The van der Waals surface area contributed by atoms with Crippen molar-refractivity contribution in [3.05, 3.63) is 34.3 Å². The SMILES string of the molecule is CC(N)C(C)C(=O)NCC1(c2cccc(Br)c2)CC1.Cl. The molecule has 1 saturated carbocycles. The van der Waals surface area contributed by atoms with Crippen LogP contribution in [0.1, 0.15) is 32.3 Å². The summed E-state index contributed by atoms with van der Waals surface area (Å²) in [7, 11) is 0. The smallest absolute Gasteiger partial charge is 0.224 e. The fourth-order valence-electron chi connectivity index (χ4n) is 2.19. The molecule has 2 atom stereocenters. The summed E-state index contributed by atoms with van der Waals surface area (Å²) in [4.78, 5) is 12.0. The van der Waals surface area contributed by atoms with E-state index in [1.54, 1.807) is 0 Å². The Kier molecular flexibility index (Phi) is 6.05. The third-order valence-corrected chi connectivity index (χ3v) is 4.59. The molecule has 1 aliphatic carbocycles. The van der Waals surface area contributed by atoms with Crippen molar-refractivity contribution < 1.29 is 4.79 Å². The second kappa shape index (κ2) is 6.92. The van der Waals surface area contributed by atoms with Crippen LogP contribution in [0.4, 0.5) is 0 Å². The average molecular weight is 362 g/mol. The Morgan fingerprint density at radius 1 is 1.45 bits per heavy atom. The first-order chi connectivity index (χ1) is 8.94. The summed E-state index contributed by atoms with van der Waals surface area (Å²) < 4.78 is 1.09. The maximum atomic E-state index is 12.0. The Morgan fingerprint density at radius 3 is 2.60 bits per heavy atom. The van der Waals surface area contributed by atoms with Gasteiger partial charge in [0.25, 0.3) is 0 Å². The van der Waals surface area contributed by atoms with E-state index in [4.69, 9.17) is 5.73 Å². The van der Waals surface area contributed by atoms with Gasteiger partial charge in [-0.3, -0.25) is 4.79 Å². The van der Waals surface area contributed by atoms with Crippen molar-refractivity contribution in [2.45, 2.75) is 38.1 Å². The number of nitrogens with one attached hydrogen (secondary N) is 1. The number of carbonyl (C=O) groups excluding carboxylic acids is 1. The highest BCUT2D eigenvalue weighted by Gasteiger charge is 2.44. The molecule has 5 heteroatoms. The zero-order valence-corrected chi connectivity index (χ0v) is 14.3. The van der Waals surface area contributed by atoms with Crippen LogP contribution >= 0.6 is 28.3 Å². The topological polar surface area (TPSA) is 55.1 Å². The first kappa shape index (κ1) is 17.5. The standard InChI is InChI=1S/C15H21BrN2O.ClH/c1-10(11(2)17)14(19)18-9-15(6-7-15)12-4-3-5-13(16)8-12;/h3-5,8,10-11H,6-7,9,17H2,1-2H3,(H,18,19);1H. The molecule has 112 valence electrons. The second-order valence-corrected chi connectivity index (χ2v) is 6.57. The van der Waals surface area contributed by atoms with Crippen molar-refractivity contribution in [2.24, 2.45) is 11.7 Å². The minimum absolute atomic E-state index is 0. The van der Waals surface area contributed by atoms with Gasteiger partial charge in [0.05, 0.1) is 0 Å². The average Bonchev–Trinajstić information content (AvgIpc) is 3.16. The Labute approximate surface area is 135 Å². The molecule has 0 bridgehead atoms. The fourth-order valence-corrected chi connectivity index (χ4v) is 2.59. The van der Waals surface area contributed by atoms with Crippen molar-refractivity contribution in [1.82, 2.24) is 5.32 Å². The lowest BCUT2D eigenvalue weighted by Crippen LogP contribution is -2.41. The predicted octanol–water partition coefficient (Wildman–Crippen LogP) is 3.00. The predicted molar refractivity (Wildman–Crippen MR) is 88.1 cm³/mol. The van der Waals surface area contributed by atoms with Crippen molar-refractivity contribution in [2.75, 3.05) is 6.54 Å². The molecule has 1 aliphatic rings. The monoisotopic (exact) mass is 360 g/mol. The van der Waals surface area contributed by atoms with Crippen molar-refractivity contribution >= 4 is 34.2 Å². The van der Waals surface area contributed by atoms with Crippen LogP contribution in [0.15, 0.2) is 28.7 Å². The van der Waals surface area contributed by atoms with Gasteiger partial charge in [-0.15, -0.1) is 12.4 Å². The number of benzene rings is 1. The number of amides is 1. The molecule has 2 rings (SSSR count). The lowest BCUT2D eigenvalue weighted by molar-refractivity contribution is -0.125. The highest BCUT2D eigenvalue weighted by molar-refractivity contribution is 9.10. The summed E-state index contributed by atoms with van der Waals surface area (Å²) in [6, 6.07) is 8.25.